The number of ether oxygens (including phenoxy) is 1. The highest BCUT2D eigenvalue weighted by Crippen LogP contribution is 2.43. The largest absolute Gasteiger partial charge is 0.449 e. The molecule has 21 heavy (non-hydrogen) atoms. The maximum absolute atomic E-state index is 12.5. The van der Waals surface area contributed by atoms with Crippen LogP contribution in [0.15, 0.2) is 24.3 Å². The van der Waals surface area contributed by atoms with Crippen molar-refractivity contribution in [3.05, 3.63) is 35.4 Å². The Morgan fingerprint density at radius 2 is 2.00 bits per heavy atom. The van der Waals surface area contributed by atoms with Crippen LogP contribution in [0.25, 0.3) is 0 Å². The number of rotatable bonds is 0. The van der Waals surface area contributed by atoms with Crippen LogP contribution in [0.5, 0.6) is 0 Å². The van der Waals surface area contributed by atoms with E-state index in [2.05, 4.69) is 0 Å². The molecular formula is C17H21NO3. The summed E-state index contributed by atoms with van der Waals surface area (Å²) >= 11 is 0. The molecule has 1 saturated heterocycles. The summed E-state index contributed by atoms with van der Waals surface area (Å²) in [5.74, 6) is -0.155. The van der Waals surface area contributed by atoms with Crippen molar-refractivity contribution < 1.29 is 14.3 Å². The summed E-state index contributed by atoms with van der Waals surface area (Å²) in [6, 6.07) is 7.52. The third kappa shape index (κ3) is 2.23. The van der Waals surface area contributed by atoms with Crippen LogP contribution in [0.3, 0.4) is 0 Å². The van der Waals surface area contributed by atoms with Crippen LogP contribution in [0.4, 0.5) is 0 Å². The normalized spacial score (nSPS) is 24.9. The molecule has 1 aromatic rings. The quantitative estimate of drug-likeness (QED) is 0.689. The topological polar surface area (TPSA) is 46.6 Å². The van der Waals surface area contributed by atoms with Crippen molar-refractivity contribution in [2.45, 2.75) is 39.2 Å². The number of fused-ring (bicyclic) bond motifs is 2. The Bertz CT molecular complexity index is 602. The first kappa shape index (κ1) is 14.1. The summed E-state index contributed by atoms with van der Waals surface area (Å²) in [5.41, 5.74) is 0.511. The molecule has 1 fully saturated rings. The Balaban J connectivity index is 1.94. The van der Waals surface area contributed by atoms with Gasteiger partial charge in [-0.15, -0.1) is 0 Å². The first-order valence-corrected chi connectivity index (χ1v) is 7.46. The number of nitrogens with zero attached hydrogens (tertiary/aromatic N) is 1. The lowest BCUT2D eigenvalue weighted by atomic mass is 9.83. The fourth-order valence-electron chi connectivity index (χ4n) is 3.32. The molecule has 0 radical (unpaired) electrons. The zero-order valence-electron chi connectivity index (χ0n) is 12.8. The molecule has 4 nitrogen and oxygen atoms in total. The van der Waals surface area contributed by atoms with Crippen molar-refractivity contribution in [3.8, 4) is 0 Å². The fraction of sp³-hybridized carbons (Fsp3) is 0.529. The van der Waals surface area contributed by atoms with Crippen molar-refractivity contribution >= 4 is 11.9 Å². The number of carbonyl (C=O) groups excluding carboxylic acids is 2. The Kier molecular flexibility index (Phi) is 3.08. The lowest BCUT2D eigenvalue weighted by molar-refractivity contribution is -0.146. The molecule has 112 valence electrons. The molecule has 4 heteroatoms. The highest BCUT2D eigenvalue weighted by atomic mass is 16.6. The first-order valence-electron chi connectivity index (χ1n) is 7.46. The van der Waals surface area contributed by atoms with Gasteiger partial charge in [0.05, 0.1) is 12.1 Å². The molecule has 2 aliphatic heterocycles. The van der Waals surface area contributed by atoms with Gasteiger partial charge in [0.25, 0.3) is 0 Å². The van der Waals surface area contributed by atoms with Crippen LogP contribution in [0.2, 0.25) is 0 Å². The zero-order chi connectivity index (χ0) is 15.3. The van der Waals surface area contributed by atoms with Crippen molar-refractivity contribution in [3.63, 3.8) is 0 Å². The Morgan fingerprint density at radius 3 is 2.71 bits per heavy atom. The molecule has 0 N–H and O–H groups in total. The number of amides is 1. The maximum Gasteiger partial charge on any atom is 0.339 e. The molecule has 1 aromatic carbocycles. The van der Waals surface area contributed by atoms with Crippen molar-refractivity contribution in [1.29, 1.82) is 0 Å². The van der Waals surface area contributed by atoms with E-state index in [9.17, 15) is 9.59 Å². The standard InChI is InChI=1S/C17H21NO3/c1-16(2,3)15(20)18-10-6-9-17(11-18)13-8-5-4-7-12(13)14(19)21-17/h4-5,7-8H,6,9-11H2,1-3H3/t17-/m0/s1. The van der Waals surface area contributed by atoms with E-state index in [4.69, 9.17) is 4.74 Å². The molecule has 3 rings (SSSR count). The minimum Gasteiger partial charge on any atom is -0.449 e. The summed E-state index contributed by atoms with van der Waals surface area (Å²) in [6.45, 7) is 6.96. The van der Waals surface area contributed by atoms with E-state index in [1.807, 2.05) is 43.9 Å². The van der Waals surface area contributed by atoms with Gasteiger partial charge in [-0.25, -0.2) is 4.79 Å². The Morgan fingerprint density at radius 1 is 1.29 bits per heavy atom. The summed E-state index contributed by atoms with van der Waals surface area (Å²) in [4.78, 5) is 26.5. The summed E-state index contributed by atoms with van der Waals surface area (Å²) in [6.07, 6.45) is 1.63. The molecule has 1 atom stereocenters. The first-order chi connectivity index (χ1) is 9.83. The van der Waals surface area contributed by atoms with Gasteiger partial charge in [0.1, 0.15) is 0 Å². The minimum atomic E-state index is -0.646. The predicted molar refractivity (Wildman–Crippen MR) is 78.8 cm³/mol. The summed E-state index contributed by atoms with van der Waals surface area (Å²) in [7, 11) is 0. The van der Waals surface area contributed by atoms with E-state index >= 15 is 0 Å². The molecule has 1 spiro atoms. The van der Waals surface area contributed by atoms with E-state index < -0.39 is 11.0 Å². The number of likely N-dealkylation sites (tertiary alicyclic amines) is 1. The second-order valence-electron chi connectivity index (χ2n) is 7.01. The number of esters is 1. The Labute approximate surface area is 125 Å². The monoisotopic (exact) mass is 287 g/mol. The van der Waals surface area contributed by atoms with Gasteiger partial charge in [-0.1, -0.05) is 39.0 Å². The van der Waals surface area contributed by atoms with E-state index in [-0.39, 0.29) is 11.9 Å². The van der Waals surface area contributed by atoms with Gasteiger partial charge in [-0.05, 0) is 18.9 Å². The molecule has 2 heterocycles. The lowest BCUT2D eigenvalue weighted by Gasteiger charge is -2.41. The number of hydrogen-bond donors (Lipinski definition) is 0. The van der Waals surface area contributed by atoms with Crippen molar-refractivity contribution in [2.24, 2.45) is 5.41 Å². The minimum absolute atomic E-state index is 0.113. The van der Waals surface area contributed by atoms with Gasteiger partial charge < -0.3 is 9.64 Å². The number of hydrogen-bond acceptors (Lipinski definition) is 3. The highest BCUT2D eigenvalue weighted by Gasteiger charge is 2.49. The second-order valence-corrected chi connectivity index (χ2v) is 7.01. The Hall–Kier alpha value is -1.84. The third-order valence-corrected chi connectivity index (χ3v) is 4.31. The molecular weight excluding hydrogens is 266 g/mol. The fourth-order valence-corrected chi connectivity index (χ4v) is 3.32. The molecule has 0 aromatic heterocycles. The van der Waals surface area contributed by atoms with Crippen LogP contribution >= 0.6 is 0 Å². The predicted octanol–water partition coefficient (Wildman–Crippen LogP) is 2.72. The van der Waals surface area contributed by atoms with Crippen LogP contribution in [0, 0.1) is 5.41 Å². The summed E-state index contributed by atoms with van der Waals surface area (Å²) < 4.78 is 5.72. The lowest BCUT2D eigenvalue weighted by Crippen LogP contribution is -2.51. The van der Waals surface area contributed by atoms with Gasteiger partial charge in [0, 0.05) is 17.5 Å². The average Bonchev–Trinajstić information content (AvgIpc) is 2.70. The third-order valence-electron chi connectivity index (χ3n) is 4.31. The van der Waals surface area contributed by atoms with Crippen molar-refractivity contribution in [1.82, 2.24) is 4.90 Å². The molecule has 0 bridgehead atoms. The molecule has 1 amide bonds. The molecule has 0 aliphatic carbocycles. The number of carbonyl (C=O) groups is 2. The van der Waals surface area contributed by atoms with Gasteiger partial charge in [0.2, 0.25) is 5.91 Å². The van der Waals surface area contributed by atoms with Gasteiger partial charge in [-0.2, -0.15) is 0 Å². The van der Waals surface area contributed by atoms with Crippen molar-refractivity contribution in [2.75, 3.05) is 13.1 Å². The maximum atomic E-state index is 12.5. The van der Waals surface area contributed by atoms with Gasteiger partial charge >= 0.3 is 5.97 Å². The SMILES string of the molecule is CC(C)(C)C(=O)N1CCC[C@@]2(C1)OC(=O)c1ccccc12. The van der Waals surface area contributed by atoms with Crippen LogP contribution in [0.1, 0.15) is 49.5 Å². The van der Waals surface area contributed by atoms with E-state index in [0.29, 0.717) is 12.1 Å². The summed E-state index contributed by atoms with van der Waals surface area (Å²) in [5, 5.41) is 0. The smallest absolute Gasteiger partial charge is 0.339 e. The van der Waals surface area contributed by atoms with E-state index in [1.54, 1.807) is 6.07 Å². The van der Waals surface area contributed by atoms with E-state index in [1.165, 1.54) is 0 Å². The average molecular weight is 287 g/mol. The van der Waals surface area contributed by atoms with Gasteiger partial charge in [0.15, 0.2) is 5.60 Å². The molecule has 2 aliphatic rings. The van der Waals surface area contributed by atoms with E-state index in [0.717, 1.165) is 24.9 Å². The number of benzene rings is 1. The second kappa shape index (κ2) is 4.58. The van der Waals surface area contributed by atoms with Gasteiger partial charge in [-0.3, -0.25) is 4.79 Å². The zero-order valence-corrected chi connectivity index (χ0v) is 12.8. The molecule has 0 unspecified atom stereocenters. The van der Waals surface area contributed by atoms with Crippen LogP contribution < -0.4 is 0 Å². The number of piperidine rings is 1. The van der Waals surface area contributed by atoms with Crippen LogP contribution in [-0.4, -0.2) is 29.9 Å². The van der Waals surface area contributed by atoms with Crippen LogP contribution in [-0.2, 0) is 15.1 Å². The molecule has 0 saturated carbocycles. The highest BCUT2D eigenvalue weighted by molar-refractivity contribution is 5.95.